The number of hydrogen-bond donors (Lipinski definition) is 1. The van der Waals surface area contributed by atoms with E-state index in [1.165, 1.54) is 5.56 Å². The van der Waals surface area contributed by atoms with Crippen LogP contribution < -0.4 is 5.32 Å². The smallest absolute Gasteiger partial charge is 0.134 e. The third kappa shape index (κ3) is 4.37. The zero-order valence-electron chi connectivity index (χ0n) is 11.4. The summed E-state index contributed by atoms with van der Waals surface area (Å²) in [5.74, 6) is 1.90. The molecule has 0 saturated carbocycles. The van der Waals surface area contributed by atoms with Crippen LogP contribution in [0.15, 0.2) is 39.2 Å². The SMILES string of the molecule is Cc1cc(Br)ccc1-c1ccc(CNC(C)C)o1.Cl. The van der Waals surface area contributed by atoms with Gasteiger partial charge >= 0.3 is 0 Å². The summed E-state index contributed by atoms with van der Waals surface area (Å²) >= 11 is 3.47. The maximum atomic E-state index is 5.86. The molecular formula is C15H19BrClNO. The van der Waals surface area contributed by atoms with E-state index in [9.17, 15) is 0 Å². The lowest BCUT2D eigenvalue weighted by molar-refractivity contribution is 0.473. The maximum Gasteiger partial charge on any atom is 0.134 e. The maximum absolute atomic E-state index is 5.86. The number of halogens is 2. The second kappa shape index (κ2) is 7.13. The van der Waals surface area contributed by atoms with Crippen LogP contribution in [-0.2, 0) is 6.54 Å². The van der Waals surface area contributed by atoms with E-state index in [4.69, 9.17) is 4.42 Å². The molecule has 4 heteroatoms. The minimum atomic E-state index is 0. The van der Waals surface area contributed by atoms with Gasteiger partial charge in [-0.05, 0) is 42.8 Å². The Kier molecular flexibility index (Phi) is 6.11. The van der Waals surface area contributed by atoms with E-state index in [0.29, 0.717) is 6.04 Å². The summed E-state index contributed by atoms with van der Waals surface area (Å²) in [6.07, 6.45) is 0. The van der Waals surface area contributed by atoms with Gasteiger partial charge < -0.3 is 9.73 Å². The Morgan fingerprint density at radius 2 is 1.95 bits per heavy atom. The van der Waals surface area contributed by atoms with E-state index < -0.39 is 0 Å². The molecule has 1 aromatic carbocycles. The van der Waals surface area contributed by atoms with Gasteiger partial charge in [-0.3, -0.25) is 0 Å². The van der Waals surface area contributed by atoms with E-state index in [2.05, 4.69) is 54.2 Å². The zero-order valence-corrected chi connectivity index (χ0v) is 13.8. The van der Waals surface area contributed by atoms with Crippen LogP contribution in [0, 0.1) is 6.92 Å². The zero-order chi connectivity index (χ0) is 13.1. The minimum absolute atomic E-state index is 0. The van der Waals surface area contributed by atoms with Gasteiger partial charge in [0.1, 0.15) is 11.5 Å². The molecule has 19 heavy (non-hydrogen) atoms. The number of hydrogen-bond acceptors (Lipinski definition) is 2. The predicted octanol–water partition coefficient (Wildman–Crippen LogP) is 4.94. The van der Waals surface area contributed by atoms with Gasteiger partial charge in [-0.1, -0.05) is 29.8 Å². The van der Waals surface area contributed by atoms with Crippen LogP contribution in [0.3, 0.4) is 0 Å². The average Bonchev–Trinajstić information content (AvgIpc) is 2.75. The van der Waals surface area contributed by atoms with Crippen molar-refractivity contribution in [2.45, 2.75) is 33.4 Å². The molecule has 0 aliphatic rings. The molecule has 0 spiro atoms. The lowest BCUT2D eigenvalue weighted by Gasteiger charge is -2.06. The third-order valence-electron chi connectivity index (χ3n) is 2.80. The monoisotopic (exact) mass is 343 g/mol. The summed E-state index contributed by atoms with van der Waals surface area (Å²) in [4.78, 5) is 0. The quantitative estimate of drug-likeness (QED) is 0.850. The van der Waals surface area contributed by atoms with Crippen molar-refractivity contribution in [3.8, 4) is 11.3 Å². The van der Waals surface area contributed by atoms with Gasteiger partial charge in [0.15, 0.2) is 0 Å². The normalized spacial score (nSPS) is 10.6. The van der Waals surface area contributed by atoms with E-state index in [1.54, 1.807) is 0 Å². The molecule has 0 fully saturated rings. The van der Waals surface area contributed by atoms with Crippen LogP contribution >= 0.6 is 28.3 Å². The number of nitrogens with one attached hydrogen (secondary N) is 1. The topological polar surface area (TPSA) is 25.2 Å². The Hall–Kier alpha value is -0.770. The van der Waals surface area contributed by atoms with Gasteiger partial charge in [0.05, 0.1) is 6.54 Å². The second-order valence-corrected chi connectivity index (χ2v) is 5.68. The van der Waals surface area contributed by atoms with Crippen molar-refractivity contribution in [3.63, 3.8) is 0 Å². The molecule has 0 saturated heterocycles. The molecule has 2 nitrogen and oxygen atoms in total. The van der Waals surface area contributed by atoms with Crippen LogP contribution in [0.2, 0.25) is 0 Å². The number of rotatable bonds is 4. The van der Waals surface area contributed by atoms with Crippen molar-refractivity contribution >= 4 is 28.3 Å². The van der Waals surface area contributed by atoms with Crippen LogP contribution in [0.1, 0.15) is 25.2 Å². The van der Waals surface area contributed by atoms with Crippen LogP contribution in [-0.4, -0.2) is 6.04 Å². The van der Waals surface area contributed by atoms with E-state index in [-0.39, 0.29) is 12.4 Å². The lowest BCUT2D eigenvalue weighted by Crippen LogP contribution is -2.21. The standard InChI is InChI=1S/C15H18BrNO.ClH/c1-10(2)17-9-13-5-7-15(18-13)14-6-4-12(16)8-11(14)3;/h4-8,10,17H,9H2,1-3H3;1H. The van der Waals surface area contributed by atoms with Gasteiger partial charge in [-0.2, -0.15) is 0 Å². The molecule has 0 aliphatic carbocycles. The first-order valence-corrected chi connectivity index (χ1v) is 6.94. The van der Waals surface area contributed by atoms with Crippen molar-refractivity contribution in [1.82, 2.24) is 5.32 Å². The number of benzene rings is 1. The summed E-state index contributed by atoms with van der Waals surface area (Å²) in [7, 11) is 0. The van der Waals surface area contributed by atoms with Gasteiger partial charge in [0, 0.05) is 16.1 Å². The summed E-state index contributed by atoms with van der Waals surface area (Å²) < 4.78 is 6.96. The fourth-order valence-corrected chi connectivity index (χ4v) is 2.30. The number of aryl methyl sites for hydroxylation is 1. The Morgan fingerprint density at radius 3 is 2.58 bits per heavy atom. The molecule has 0 aliphatic heterocycles. The molecule has 0 amide bonds. The van der Waals surface area contributed by atoms with Gasteiger partial charge in [-0.15, -0.1) is 12.4 Å². The minimum Gasteiger partial charge on any atom is -0.460 e. The van der Waals surface area contributed by atoms with Gasteiger partial charge in [0.25, 0.3) is 0 Å². The van der Waals surface area contributed by atoms with E-state index >= 15 is 0 Å². The van der Waals surface area contributed by atoms with Crippen LogP contribution in [0.5, 0.6) is 0 Å². The first kappa shape index (κ1) is 16.3. The molecule has 2 aromatic rings. The highest BCUT2D eigenvalue weighted by molar-refractivity contribution is 9.10. The molecule has 1 heterocycles. The first-order chi connectivity index (χ1) is 8.56. The fourth-order valence-electron chi connectivity index (χ4n) is 1.83. The first-order valence-electron chi connectivity index (χ1n) is 6.15. The molecule has 0 unspecified atom stereocenters. The highest BCUT2D eigenvalue weighted by atomic mass is 79.9. The van der Waals surface area contributed by atoms with Gasteiger partial charge in [0.2, 0.25) is 0 Å². The number of furan rings is 1. The van der Waals surface area contributed by atoms with Crippen molar-refractivity contribution in [2.24, 2.45) is 0 Å². The van der Waals surface area contributed by atoms with Gasteiger partial charge in [-0.25, -0.2) is 0 Å². The Bertz CT molecular complexity index is 537. The van der Waals surface area contributed by atoms with Crippen LogP contribution in [0.25, 0.3) is 11.3 Å². The molecule has 0 bridgehead atoms. The van der Waals surface area contributed by atoms with Crippen molar-refractivity contribution < 1.29 is 4.42 Å². The highest BCUT2D eigenvalue weighted by Gasteiger charge is 2.08. The summed E-state index contributed by atoms with van der Waals surface area (Å²) in [5, 5.41) is 3.35. The predicted molar refractivity (Wildman–Crippen MR) is 85.8 cm³/mol. The Morgan fingerprint density at radius 1 is 1.21 bits per heavy atom. The Balaban J connectivity index is 0.00000180. The Labute approximate surface area is 129 Å². The average molecular weight is 345 g/mol. The van der Waals surface area contributed by atoms with Crippen molar-refractivity contribution in [3.05, 3.63) is 46.1 Å². The van der Waals surface area contributed by atoms with Crippen LogP contribution in [0.4, 0.5) is 0 Å². The second-order valence-electron chi connectivity index (χ2n) is 4.76. The van der Waals surface area contributed by atoms with E-state index in [0.717, 1.165) is 28.1 Å². The highest BCUT2D eigenvalue weighted by Crippen LogP contribution is 2.27. The molecule has 1 N–H and O–H groups in total. The molecule has 104 valence electrons. The molecule has 2 rings (SSSR count). The molecular weight excluding hydrogens is 326 g/mol. The van der Waals surface area contributed by atoms with Crippen molar-refractivity contribution in [1.29, 1.82) is 0 Å². The lowest BCUT2D eigenvalue weighted by atomic mass is 10.1. The largest absolute Gasteiger partial charge is 0.460 e. The summed E-state index contributed by atoms with van der Waals surface area (Å²) in [5.41, 5.74) is 2.36. The third-order valence-corrected chi connectivity index (χ3v) is 3.29. The summed E-state index contributed by atoms with van der Waals surface area (Å²) in [6, 6.07) is 10.8. The molecule has 1 aromatic heterocycles. The van der Waals surface area contributed by atoms with Crippen molar-refractivity contribution in [2.75, 3.05) is 0 Å². The fraction of sp³-hybridized carbons (Fsp3) is 0.333. The molecule has 0 radical (unpaired) electrons. The summed E-state index contributed by atoms with van der Waals surface area (Å²) in [6.45, 7) is 7.12. The van der Waals surface area contributed by atoms with E-state index in [1.807, 2.05) is 18.2 Å². The molecule has 0 atom stereocenters.